The van der Waals surface area contributed by atoms with Crippen LogP contribution < -0.4 is 0 Å². The van der Waals surface area contributed by atoms with Gasteiger partial charge in [0.15, 0.2) is 0 Å². The van der Waals surface area contributed by atoms with Crippen LogP contribution in [0.3, 0.4) is 0 Å². The lowest BCUT2D eigenvalue weighted by Gasteiger charge is -2.04. The summed E-state index contributed by atoms with van der Waals surface area (Å²) in [7, 11) is 0. The molecule has 0 unspecified atom stereocenters. The van der Waals surface area contributed by atoms with E-state index in [2.05, 4.69) is 25.4 Å². The lowest BCUT2D eigenvalue weighted by molar-refractivity contribution is 0.785. The molecule has 0 radical (unpaired) electrons. The Kier molecular flexibility index (Phi) is 2.50. The molecule has 21 heavy (non-hydrogen) atoms. The maximum atomic E-state index is 4.29. The van der Waals surface area contributed by atoms with Crippen LogP contribution in [0.4, 0.5) is 0 Å². The molecule has 0 saturated heterocycles. The third kappa shape index (κ3) is 1.78. The summed E-state index contributed by atoms with van der Waals surface area (Å²) in [5.41, 5.74) is 3.48. The zero-order valence-corrected chi connectivity index (χ0v) is 11.2. The fourth-order valence-corrected chi connectivity index (χ4v) is 2.30. The number of aromatic nitrogens is 7. The van der Waals surface area contributed by atoms with E-state index >= 15 is 0 Å². The number of fused-ring (bicyclic) bond motifs is 1. The SMILES string of the molecule is Cc1c(-c2ccnc3ncnn23)nnn1-c1ccccc1. The Balaban J connectivity index is 1.91. The second-order valence-corrected chi connectivity index (χ2v) is 4.57. The first kappa shape index (κ1) is 11.7. The minimum Gasteiger partial charge on any atom is -0.220 e. The van der Waals surface area contributed by atoms with Gasteiger partial charge in [-0.25, -0.2) is 9.67 Å². The van der Waals surface area contributed by atoms with Crippen molar-refractivity contribution in [2.75, 3.05) is 0 Å². The first-order valence-electron chi connectivity index (χ1n) is 6.47. The van der Waals surface area contributed by atoms with Crippen LogP contribution in [0.5, 0.6) is 0 Å². The molecular weight excluding hydrogens is 266 g/mol. The summed E-state index contributed by atoms with van der Waals surface area (Å²) in [5, 5.41) is 12.7. The molecule has 3 aromatic heterocycles. The largest absolute Gasteiger partial charge is 0.252 e. The number of hydrogen-bond donors (Lipinski definition) is 0. The Morgan fingerprint density at radius 1 is 1.00 bits per heavy atom. The molecule has 4 aromatic rings. The van der Waals surface area contributed by atoms with Crippen molar-refractivity contribution in [1.82, 2.24) is 34.6 Å². The number of rotatable bonds is 2. The third-order valence-corrected chi connectivity index (χ3v) is 3.32. The Hall–Kier alpha value is -3.09. The number of para-hydroxylation sites is 1. The van der Waals surface area contributed by atoms with Gasteiger partial charge in [0.1, 0.15) is 12.0 Å². The Morgan fingerprint density at radius 3 is 2.71 bits per heavy atom. The highest BCUT2D eigenvalue weighted by atomic mass is 15.4. The molecule has 0 aliphatic rings. The lowest BCUT2D eigenvalue weighted by Crippen LogP contribution is -2.00. The molecule has 7 nitrogen and oxygen atoms in total. The zero-order chi connectivity index (χ0) is 14.2. The van der Waals surface area contributed by atoms with Gasteiger partial charge in [-0.1, -0.05) is 23.4 Å². The first-order chi connectivity index (χ1) is 10.3. The zero-order valence-electron chi connectivity index (χ0n) is 11.2. The van der Waals surface area contributed by atoms with Gasteiger partial charge in [0, 0.05) is 6.20 Å². The van der Waals surface area contributed by atoms with Crippen molar-refractivity contribution in [2.24, 2.45) is 0 Å². The summed E-state index contributed by atoms with van der Waals surface area (Å²) in [5.74, 6) is 0.543. The van der Waals surface area contributed by atoms with Gasteiger partial charge < -0.3 is 0 Å². The van der Waals surface area contributed by atoms with Crippen LogP contribution in [-0.4, -0.2) is 34.6 Å². The molecule has 102 valence electrons. The van der Waals surface area contributed by atoms with Crippen molar-refractivity contribution in [2.45, 2.75) is 6.92 Å². The highest BCUT2D eigenvalue weighted by Crippen LogP contribution is 2.21. The maximum absolute atomic E-state index is 4.29. The summed E-state index contributed by atoms with van der Waals surface area (Å²) in [6.07, 6.45) is 3.17. The minimum atomic E-state index is 0.543. The van der Waals surface area contributed by atoms with Gasteiger partial charge in [0.05, 0.1) is 17.1 Å². The van der Waals surface area contributed by atoms with E-state index in [1.807, 2.05) is 43.3 Å². The molecule has 0 N–H and O–H groups in total. The molecule has 0 fully saturated rings. The van der Waals surface area contributed by atoms with Crippen LogP contribution in [0.1, 0.15) is 5.69 Å². The topological polar surface area (TPSA) is 73.8 Å². The van der Waals surface area contributed by atoms with Crippen molar-refractivity contribution in [3.05, 3.63) is 54.6 Å². The second kappa shape index (κ2) is 4.48. The van der Waals surface area contributed by atoms with Crippen LogP contribution in [0, 0.1) is 6.92 Å². The Labute approximate surface area is 119 Å². The van der Waals surface area contributed by atoms with Crippen molar-refractivity contribution in [1.29, 1.82) is 0 Å². The van der Waals surface area contributed by atoms with Crippen LogP contribution in [0.2, 0.25) is 0 Å². The van der Waals surface area contributed by atoms with E-state index in [1.54, 1.807) is 15.4 Å². The van der Waals surface area contributed by atoms with Crippen LogP contribution >= 0.6 is 0 Å². The van der Waals surface area contributed by atoms with Gasteiger partial charge in [-0.15, -0.1) is 5.10 Å². The first-order valence-corrected chi connectivity index (χ1v) is 6.47. The molecule has 0 saturated carbocycles. The van der Waals surface area contributed by atoms with E-state index in [0.29, 0.717) is 5.78 Å². The molecule has 0 aliphatic heterocycles. The molecule has 0 amide bonds. The van der Waals surface area contributed by atoms with Gasteiger partial charge in [0.25, 0.3) is 5.78 Å². The molecular formula is C14H11N7. The van der Waals surface area contributed by atoms with E-state index in [9.17, 15) is 0 Å². The average Bonchev–Trinajstić information content (AvgIpc) is 3.14. The average molecular weight is 277 g/mol. The molecule has 1 aromatic carbocycles. The van der Waals surface area contributed by atoms with Crippen LogP contribution in [-0.2, 0) is 0 Å². The molecule has 0 spiro atoms. The summed E-state index contributed by atoms with van der Waals surface area (Å²) in [6.45, 7) is 1.98. The highest BCUT2D eigenvalue weighted by Gasteiger charge is 2.15. The molecule has 0 aliphatic carbocycles. The van der Waals surface area contributed by atoms with Gasteiger partial charge in [0.2, 0.25) is 0 Å². The predicted octanol–water partition coefficient (Wildman–Crippen LogP) is 1.68. The number of benzene rings is 1. The van der Waals surface area contributed by atoms with E-state index in [-0.39, 0.29) is 0 Å². The van der Waals surface area contributed by atoms with Crippen molar-refractivity contribution >= 4 is 5.78 Å². The summed E-state index contributed by atoms with van der Waals surface area (Å²) in [6, 6.07) is 11.7. The Morgan fingerprint density at radius 2 is 1.86 bits per heavy atom. The second-order valence-electron chi connectivity index (χ2n) is 4.57. The molecule has 4 rings (SSSR count). The lowest BCUT2D eigenvalue weighted by atomic mass is 10.2. The minimum absolute atomic E-state index is 0.543. The monoisotopic (exact) mass is 277 g/mol. The molecule has 0 atom stereocenters. The van der Waals surface area contributed by atoms with Gasteiger partial charge in [-0.3, -0.25) is 0 Å². The summed E-state index contributed by atoms with van der Waals surface area (Å²) in [4.78, 5) is 8.24. The van der Waals surface area contributed by atoms with E-state index in [0.717, 1.165) is 22.8 Å². The smallest absolute Gasteiger partial charge is 0.220 e. The predicted molar refractivity (Wildman–Crippen MR) is 75.9 cm³/mol. The quantitative estimate of drug-likeness (QED) is 0.557. The van der Waals surface area contributed by atoms with Crippen molar-refractivity contribution < 1.29 is 0 Å². The van der Waals surface area contributed by atoms with E-state index in [4.69, 9.17) is 0 Å². The summed E-state index contributed by atoms with van der Waals surface area (Å²) < 4.78 is 3.46. The standard InChI is InChI=1S/C14H11N7/c1-10-13(12-7-8-15-14-16-9-17-21(12)14)18-19-20(10)11-5-3-2-4-6-11/h2-9H,1H3. The van der Waals surface area contributed by atoms with Gasteiger partial charge in [-0.2, -0.15) is 14.6 Å². The van der Waals surface area contributed by atoms with Crippen molar-refractivity contribution in [3.63, 3.8) is 0 Å². The fraction of sp³-hybridized carbons (Fsp3) is 0.0714. The molecule has 0 bridgehead atoms. The normalized spacial score (nSPS) is 11.1. The number of hydrogen-bond acceptors (Lipinski definition) is 5. The van der Waals surface area contributed by atoms with Gasteiger partial charge in [-0.05, 0) is 25.1 Å². The van der Waals surface area contributed by atoms with E-state index < -0.39 is 0 Å². The third-order valence-electron chi connectivity index (χ3n) is 3.32. The van der Waals surface area contributed by atoms with Crippen LogP contribution in [0.15, 0.2) is 48.9 Å². The fourth-order valence-electron chi connectivity index (χ4n) is 2.30. The maximum Gasteiger partial charge on any atom is 0.252 e. The van der Waals surface area contributed by atoms with Crippen LogP contribution in [0.25, 0.3) is 22.9 Å². The molecule has 3 heterocycles. The number of nitrogens with zero attached hydrogens (tertiary/aromatic N) is 7. The highest BCUT2D eigenvalue weighted by molar-refractivity contribution is 5.59. The van der Waals surface area contributed by atoms with Gasteiger partial charge >= 0.3 is 0 Å². The Bertz CT molecular complexity index is 907. The van der Waals surface area contributed by atoms with E-state index in [1.165, 1.54) is 6.33 Å². The summed E-state index contributed by atoms with van der Waals surface area (Å²) >= 11 is 0. The molecule has 7 heteroatoms. The van der Waals surface area contributed by atoms with Crippen molar-refractivity contribution in [3.8, 4) is 17.1 Å².